The van der Waals surface area contributed by atoms with Gasteiger partial charge in [-0.15, -0.1) is 0 Å². The minimum Gasteiger partial charge on any atom is -1.00 e. The Labute approximate surface area is 128 Å². The maximum absolute atomic E-state index is 2.46. The van der Waals surface area contributed by atoms with Crippen molar-refractivity contribution in [3.8, 4) is 0 Å². The first kappa shape index (κ1) is 21.2. The molecule has 0 nitrogen and oxygen atoms in total. The predicted molar refractivity (Wildman–Crippen MR) is 86.0 cm³/mol. The highest BCUT2D eigenvalue weighted by molar-refractivity contribution is 7.73. The Morgan fingerprint density at radius 1 is 0.556 bits per heavy atom. The lowest BCUT2D eigenvalue weighted by molar-refractivity contribution is -0.00000411. The summed E-state index contributed by atoms with van der Waals surface area (Å²) in [6, 6.07) is 0. The Kier molecular flexibility index (Phi) is 16.9. The van der Waals surface area contributed by atoms with Gasteiger partial charge in [0.2, 0.25) is 0 Å². The number of hydrogen-bond acceptors (Lipinski definition) is 0. The second-order valence-corrected chi connectivity index (χ2v) is 11.6. The highest BCUT2D eigenvalue weighted by Gasteiger charge is 2.15. The van der Waals surface area contributed by atoms with E-state index in [2.05, 4.69) is 26.9 Å². The summed E-state index contributed by atoms with van der Waals surface area (Å²) < 4.78 is 0. The lowest BCUT2D eigenvalue weighted by atomic mass is 10.1. The molecule has 0 heterocycles. The van der Waals surface area contributed by atoms with Crippen LogP contribution in [0.25, 0.3) is 0 Å². The fourth-order valence-electron chi connectivity index (χ4n) is 2.25. The Morgan fingerprint density at radius 2 is 0.889 bits per heavy atom. The Hall–Kier alpha value is 0.910. The van der Waals surface area contributed by atoms with Gasteiger partial charge >= 0.3 is 0 Å². The van der Waals surface area contributed by atoms with Crippen LogP contribution < -0.4 is 17.0 Å². The average molecular weight is 339 g/mol. The predicted octanol–water partition coefficient (Wildman–Crippen LogP) is 3.21. The van der Waals surface area contributed by atoms with E-state index in [1.165, 1.54) is 76.8 Å². The van der Waals surface area contributed by atoms with Crippen LogP contribution in [0.15, 0.2) is 0 Å². The highest BCUT2D eigenvalue weighted by atomic mass is 79.9. The summed E-state index contributed by atoms with van der Waals surface area (Å²) >= 11 is 0. The Morgan fingerprint density at radius 3 is 1.22 bits per heavy atom. The van der Waals surface area contributed by atoms with E-state index in [9.17, 15) is 0 Å². The quantitative estimate of drug-likeness (QED) is 0.378. The number of halogens is 1. The van der Waals surface area contributed by atoms with Crippen molar-refractivity contribution in [3.05, 3.63) is 0 Å². The number of unbranched alkanes of at least 4 members (excludes halogenated alkanes) is 10. The van der Waals surface area contributed by atoms with Crippen molar-refractivity contribution < 1.29 is 17.0 Å². The molecule has 0 bridgehead atoms. The minimum atomic E-state index is -0.493. The molecule has 0 aliphatic heterocycles. The molecule has 18 heavy (non-hydrogen) atoms. The van der Waals surface area contributed by atoms with Gasteiger partial charge in [0, 0.05) is 27.3 Å². The molecule has 0 aliphatic rings. The molecule has 0 aromatic heterocycles. The normalized spacial score (nSPS) is 11.3. The average Bonchev–Trinajstić information content (AvgIpc) is 2.24. The van der Waals surface area contributed by atoms with Crippen LogP contribution in [0.4, 0.5) is 0 Å². The van der Waals surface area contributed by atoms with Gasteiger partial charge in [-0.3, -0.25) is 0 Å². The summed E-state index contributed by atoms with van der Waals surface area (Å²) in [7, 11) is -0.493. The van der Waals surface area contributed by atoms with Gasteiger partial charge in [-0.1, -0.05) is 64.7 Å². The van der Waals surface area contributed by atoms with E-state index in [4.69, 9.17) is 0 Å². The molecule has 112 valence electrons. The highest BCUT2D eigenvalue weighted by Crippen LogP contribution is 2.47. The van der Waals surface area contributed by atoms with Crippen LogP contribution in [0.1, 0.15) is 77.6 Å². The van der Waals surface area contributed by atoms with E-state index in [-0.39, 0.29) is 17.0 Å². The van der Waals surface area contributed by atoms with Crippen LogP contribution in [0.3, 0.4) is 0 Å². The van der Waals surface area contributed by atoms with Gasteiger partial charge < -0.3 is 17.0 Å². The molecule has 0 radical (unpaired) electrons. The second-order valence-electron chi connectivity index (χ2n) is 6.55. The fourth-order valence-corrected chi connectivity index (χ4v) is 3.42. The Bertz CT molecular complexity index is 152. The summed E-state index contributed by atoms with van der Waals surface area (Å²) in [4.78, 5) is 0. The first-order valence-corrected chi connectivity index (χ1v) is 11.2. The topological polar surface area (TPSA) is 0 Å². The maximum Gasteiger partial charge on any atom is 0.0586 e. The smallest absolute Gasteiger partial charge is 0.0586 e. The summed E-state index contributed by atoms with van der Waals surface area (Å²) in [5, 5.41) is 0. The van der Waals surface area contributed by atoms with Gasteiger partial charge in [-0.05, 0) is 12.8 Å². The minimum absolute atomic E-state index is 0. The molecule has 2 heteroatoms. The zero-order valence-electron chi connectivity index (χ0n) is 13.3. The van der Waals surface area contributed by atoms with Crippen molar-refractivity contribution in [2.75, 3.05) is 26.2 Å². The van der Waals surface area contributed by atoms with Crippen LogP contribution in [0.2, 0.25) is 0 Å². The molecule has 0 atom stereocenters. The van der Waals surface area contributed by atoms with E-state index in [0.29, 0.717) is 0 Å². The summed E-state index contributed by atoms with van der Waals surface area (Å²) in [5.41, 5.74) is 0. The van der Waals surface area contributed by atoms with Crippen LogP contribution >= 0.6 is 7.26 Å². The van der Waals surface area contributed by atoms with Gasteiger partial charge in [0.15, 0.2) is 0 Å². The maximum atomic E-state index is 2.46. The SMILES string of the molecule is CCCCCCCCCCCCC[P+](C)(C)C.[Br-]. The molecule has 0 saturated carbocycles. The van der Waals surface area contributed by atoms with Crippen LogP contribution in [-0.2, 0) is 0 Å². The van der Waals surface area contributed by atoms with Gasteiger partial charge in [-0.25, -0.2) is 0 Å². The summed E-state index contributed by atoms with van der Waals surface area (Å²) in [6.45, 7) is 9.68. The third-order valence-corrected chi connectivity index (χ3v) is 5.09. The van der Waals surface area contributed by atoms with Crippen molar-refractivity contribution >= 4 is 7.26 Å². The van der Waals surface area contributed by atoms with Gasteiger partial charge in [-0.2, -0.15) is 0 Å². The van der Waals surface area contributed by atoms with Crippen LogP contribution in [-0.4, -0.2) is 26.2 Å². The van der Waals surface area contributed by atoms with E-state index in [0.717, 1.165) is 0 Å². The first-order valence-electron chi connectivity index (χ1n) is 7.86. The zero-order chi connectivity index (χ0) is 13.0. The molecule has 0 aromatic carbocycles. The van der Waals surface area contributed by atoms with Gasteiger partial charge in [0.1, 0.15) is 0 Å². The first-order chi connectivity index (χ1) is 8.06. The third kappa shape index (κ3) is 19.3. The van der Waals surface area contributed by atoms with Gasteiger partial charge in [0.05, 0.1) is 6.16 Å². The van der Waals surface area contributed by atoms with E-state index >= 15 is 0 Å². The van der Waals surface area contributed by atoms with Crippen molar-refractivity contribution in [1.82, 2.24) is 0 Å². The van der Waals surface area contributed by atoms with E-state index < -0.39 is 7.26 Å². The largest absolute Gasteiger partial charge is 1.00 e. The number of rotatable bonds is 12. The van der Waals surface area contributed by atoms with Crippen molar-refractivity contribution in [2.24, 2.45) is 0 Å². The molecule has 0 spiro atoms. The monoisotopic (exact) mass is 338 g/mol. The van der Waals surface area contributed by atoms with Crippen molar-refractivity contribution in [1.29, 1.82) is 0 Å². The van der Waals surface area contributed by atoms with E-state index in [1.54, 1.807) is 0 Å². The molecule has 0 aliphatic carbocycles. The molecule has 0 unspecified atom stereocenters. The van der Waals surface area contributed by atoms with Gasteiger partial charge in [0.25, 0.3) is 0 Å². The molecule has 0 amide bonds. The summed E-state index contributed by atoms with van der Waals surface area (Å²) in [6.07, 6.45) is 17.6. The molecule has 0 N–H and O–H groups in total. The third-order valence-electron chi connectivity index (χ3n) is 3.43. The standard InChI is InChI=1S/C16H36P.BrH/c1-5-6-7-8-9-10-11-12-13-14-15-16-17(2,3)4;/h5-16H2,1-4H3;1H/q+1;/p-1. The summed E-state index contributed by atoms with van der Waals surface area (Å²) in [5.74, 6) is 0. The second kappa shape index (κ2) is 14.3. The van der Waals surface area contributed by atoms with E-state index in [1.807, 2.05) is 0 Å². The fraction of sp³-hybridized carbons (Fsp3) is 1.00. The molecule has 0 rings (SSSR count). The Balaban J connectivity index is 0. The molecule has 0 saturated heterocycles. The zero-order valence-corrected chi connectivity index (χ0v) is 15.8. The molecule has 0 fully saturated rings. The lowest BCUT2D eigenvalue weighted by Crippen LogP contribution is -3.00. The molecular formula is C16H36BrP. The van der Waals surface area contributed by atoms with Crippen molar-refractivity contribution in [3.63, 3.8) is 0 Å². The van der Waals surface area contributed by atoms with Crippen LogP contribution in [0, 0.1) is 0 Å². The van der Waals surface area contributed by atoms with Crippen LogP contribution in [0.5, 0.6) is 0 Å². The van der Waals surface area contributed by atoms with Crippen molar-refractivity contribution in [2.45, 2.75) is 77.6 Å². The number of hydrogen-bond donors (Lipinski definition) is 0. The molecule has 0 aromatic rings. The lowest BCUT2D eigenvalue weighted by Gasteiger charge is -2.10. The molecular weight excluding hydrogens is 303 g/mol.